The summed E-state index contributed by atoms with van der Waals surface area (Å²) in [6.45, 7) is 2.26. The SMILES string of the molecule is CCCCC1CCC(CCC2CCC(c3c(F)ccc(Oc4ccc(OC(F)(F)F)cc4)c3F)CC2)CC1. The molecule has 210 valence electrons. The molecular formula is C31H39F5O2. The van der Waals surface area contributed by atoms with Gasteiger partial charge in [-0.05, 0) is 85.8 Å². The Hall–Kier alpha value is -2.31. The van der Waals surface area contributed by atoms with E-state index in [0.717, 1.165) is 49.7 Å². The number of ether oxygens (including phenoxy) is 2. The van der Waals surface area contributed by atoms with E-state index in [2.05, 4.69) is 11.7 Å². The van der Waals surface area contributed by atoms with Gasteiger partial charge in [-0.2, -0.15) is 0 Å². The van der Waals surface area contributed by atoms with Crippen LogP contribution < -0.4 is 9.47 Å². The number of hydrogen-bond acceptors (Lipinski definition) is 2. The van der Waals surface area contributed by atoms with Crippen molar-refractivity contribution in [3.63, 3.8) is 0 Å². The summed E-state index contributed by atoms with van der Waals surface area (Å²) < 4.78 is 76.6. The van der Waals surface area contributed by atoms with E-state index < -0.39 is 23.7 Å². The van der Waals surface area contributed by atoms with Gasteiger partial charge in [0.05, 0.1) is 0 Å². The monoisotopic (exact) mass is 538 g/mol. The van der Waals surface area contributed by atoms with Gasteiger partial charge in [-0.3, -0.25) is 0 Å². The Morgan fingerprint density at radius 3 is 1.79 bits per heavy atom. The van der Waals surface area contributed by atoms with Crippen LogP contribution in [0.3, 0.4) is 0 Å². The standard InChI is InChI=1S/C31H39F5O2/c1-2-3-4-21-5-7-22(8-6-21)9-10-23-11-13-24(14-12-23)29-27(32)19-20-28(30(29)33)37-25-15-17-26(18-16-25)38-31(34,35)36/h15-24H,2-14H2,1H3. The Balaban J connectivity index is 1.28. The third-order valence-electron chi connectivity index (χ3n) is 8.55. The van der Waals surface area contributed by atoms with Crippen LogP contribution >= 0.6 is 0 Å². The van der Waals surface area contributed by atoms with Gasteiger partial charge in [0.2, 0.25) is 0 Å². The quantitative estimate of drug-likeness (QED) is 0.280. The van der Waals surface area contributed by atoms with E-state index in [1.165, 1.54) is 82.1 Å². The number of hydrogen-bond donors (Lipinski definition) is 0. The molecule has 2 aliphatic rings. The van der Waals surface area contributed by atoms with Crippen LogP contribution in [0, 0.1) is 29.4 Å². The molecule has 0 atom stereocenters. The minimum absolute atomic E-state index is 0.0587. The van der Waals surface area contributed by atoms with Crippen LogP contribution in [0.2, 0.25) is 0 Å². The summed E-state index contributed by atoms with van der Waals surface area (Å²) in [5.74, 6) is 0.467. The zero-order valence-electron chi connectivity index (χ0n) is 22.2. The molecule has 7 heteroatoms. The highest BCUT2D eigenvalue weighted by Gasteiger charge is 2.31. The molecule has 2 saturated carbocycles. The van der Waals surface area contributed by atoms with Crippen LogP contribution in [-0.2, 0) is 0 Å². The minimum atomic E-state index is -4.80. The molecule has 0 unspecified atom stereocenters. The van der Waals surface area contributed by atoms with Crippen LogP contribution in [0.4, 0.5) is 22.0 Å². The number of unbranched alkanes of at least 4 members (excludes halogenated alkanes) is 1. The Kier molecular flexibility index (Phi) is 9.94. The maximum absolute atomic E-state index is 15.4. The first-order valence-electron chi connectivity index (χ1n) is 14.2. The normalized spacial score (nSPS) is 24.3. The summed E-state index contributed by atoms with van der Waals surface area (Å²) in [7, 11) is 0. The first-order valence-corrected chi connectivity index (χ1v) is 14.2. The molecule has 0 amide bonds. The van der Waals surface area contributed by atoms with Crippen molar-refractivity contribution < 1.29 is 31.4 Å². The number of halogens is 5. The van der Waals surface area contributed by atoms with Crippen LogP contribution in [-0.4, -0.2) is 6.36 Å². The van der Waals surface area contributed by atoms with E-state index in [1.54, 1.807) is 0 Å². The molecule has 0 saturated heterocycles. The minimum Gasteiger partial charge on any atom is -0.454 e. The molecule has 38 heavy (non-hydrogen) atoms. The molecular weight excluding hydrogens is 499 g/mol. The molecule has 2 fully saturated rings. The second-order valence-corrected chi connectivity index (χ2v) is 11.2. The Morgan fingerprint density at radius 1 is 0.711 bits per heavy atom. The van der Waals surface area contributed by atoms with Gasteiger partial charge in [0.25, 0.3) is 0 Å². The van der Waals surface area contributed by atoms with Crippen molar-refractivity contribution in [2.24, 2.45) is 17.8 Å². The predicted octanol–water partition coefficient (Wildman–Crippen LogP) is 10.7. The second-order valence-electron chi connectivity index (χ2n) is 11.2. The summed E-state index contributed by atoms with van der Waals surface area (Å²) in [5, 5.41) is 0. The maximum atomic E-state index is 15.4. The van der Waals surface area contributed by atoms with Crippen molar-refractivity contribution in [3.8, 4) is 17.2 Å². The summed E-state index contributed by atoms with van der Waals surface area (Å²) >= 11 is 0. The highest BCUT2D eigenvalue weighted by molar-refractivity contribution is 5.39. The zero-order valence-corrected chi connectivity index (χ0v) is 22.2. The molecule has 0 aliphatic heterocycles. The molecule has 0 radical (unpaired) electrons. The van der Waals surface area contributed by atoms with E-state index in [4.69, 9.17) is 4.74 Å². The van der Waals surface area contributed by atoms with Crippen LogP contribution in [0.1, 0.15) is 102 Å². The fraction of sp³-hybridized carbons (Fsp3) is 0.613. The first-order chi connectivity index (χ1) is 18.2. The van der Waals surface area contributed by atoms with Crippen LogP contribution in [0.15, 0.2) is 36.4 Å². The van der Waals surface area contributed by atoms with Gasteiger partial charge >= 0.3 is 6.36 Å². The highest BCUT2D eigenvalue weighted by atomic mass is 19.4. The molecule has 0 N–H and O–H groups in total. The fourth-order valence-electron chi connectivity index (χ4n) is 6.35. The lowest BCUT2D eigenvalue weighted by atomic mass is 9.73. The van der Waals surface area contributed by atoms with E-state index in [9.17, 15) is 17.6 Å². The van der Waals surface area contributed by atoms with Gasteiger partial charge in [-0.25, -0.2) is 8.78 Å². The lowest BCUT2D eigenvalue weighted by Crippen LogP contribution is -2.18. The van der Waals surface area contributed by atoms with Gasteiger partial charge in [0.15, 0.2) is 11.6 Å². The topological polar surface area (TPSA) is 18.5 Å². The average molecular weight is 539 g/mol. The van der Waals surface area contributed by atoms with Crippen molar-refractivity contribution in [2.45, 2.75) is 103 Å². The molecule has 4 rings (SSSR count). The van der Waals surface area contributed by atoms with Gasteiger partial charge in [-0.15, -0.1) is 13.2 Å². The number of alkyl halides is 3. The Bertz CT molecular complexity index is 1000. The van der Waals surface area contributed by atoms with Crippen molar-refractivity contribution in [1.82, 2.24) is 0 Å². The Labute approximate surface area is 222 Å². The van der Waals surface area contributed by atoms with Gasteiger partial charge in [-0.1, -0.05) is 64.7 Å². The van der Waals surface area contributed by atoms with Gasteiger partial charge in [0.1, 0.15) is 17.3 Å². The fourth-order valence-corrected chi connectivity index (χ4v) is 6.35. The van der Waals surface area contributed by atoms with Gasteiger partial charge < -0.3 is 9.47 Å². The van der Waals surface area contributed by atoms with Crippen molar-refractivity contribution >= 4 is 0 Å². The summed E-state index contributed by atoms with van der Waals surface area (Å²) in [6.07, 6.45) is 10.6. The van der Waals surface area contributed by atoms with E-state index in [-0.39, 0.29) is 23.0 Å². The summed E-state index contributed by atoms with van der Waals surface area (Å²) in [5.41, 5.74) is 0.0587. The van der Waals surface area contributed by atoms with Crippen molar-refractivity contribution in [2.75, 3.05) is 0 Å². The van der Waals surface area contributed by atoms with E-state index in [1.807, 2.05) is 0 Å². The number of benzene rings is 2. The largest absolute Gasteiger partial charge is 0.573 e. The zero-order chi connectivity index (χ0) is 27.1. The van der Waals surface area contributed by atoms with Crippen molar-refractivity contribution in [3.05, 3.63) is 53.6 Å². The number of rotatable bonds is 10. The lowest BCUT2D eigenvalue weighted by molar-refractivity contribution is -0.274. The molecule has 0 heterocycles. The van der Waals surface area contributed by atoms with Gasteiger partial charge in [0, 0.05) is 5.56 Å². The molecule has 0 spiro atoms. The average Bonchev–Trinajstić information content (AvgIpc) is 2.89. The van der Waals surface area contributed by atoms with E-state index in [0.29, 0.717) is 5.92 Å². The molecule has 2 aliphatic carbocycles. The lowest BCUT2D eigenvalue weighted by Gasteiger charge is -2.32. The van der Waals surface area contributed by atoms with E-state index >= 15 is 4.39 Å². The smallest absolute Gasteiger partial charge is 0.454 e. The second kappa shape index (κ2) is 13.2. The molecule has 0 aromatic heterocycles. The highest BCUT2D eigenvalue weighted by Crippen LogP contribution is 2.43. The maximum Gasteiger partial charge on any atom is 0.573 e. The third kappa shape index (κ3) is 8.09. The first kappa shape index (κ1) is 28.7. The predicted molar refractivity (Wildman–Crippen MR) is 138 cm³/mol. The Morgan fingerprint density at radius 2 is 1.24 bits per heavy atom. The molecule has 0 bridgehead atoms. The molecule has 2 aromatic rings. The van der Waals surface area contributed by atoms with Crippen molar-refractivity contribution in [1.29, 1.82) is 0 Å². The summed E-state index contributed by atoms with van der Waals surface area (Å²) in [6, 6.07) is 7.11. The summed E-state index contributed by atoms with van der Waals surface area (Å²) in [4.78, 5) is 0. The third-order valence-corrected chi connectivity index (χ3v) is 8.55. The van der Waals surface area contributed by atoms with Crippen LogP contribution in [0.5, 0.6) is 17.2 Å². The molecule has 2 aromatic carbocycles. The molecule has 2 nitrogen and oxygen atoms in total. The van der Waals surface area contributed by atoms with Crippen LogP contribution in [0.25, 0.3) is 0 Å².